The molecule has 0 aliphatic carbocycles. The summed E-state index contributed by atoms with van der Waals surface area (Å²) in [5.41, 5.74) is 4.85. The Labute approximate surface area is 185 Å². The minimum absolute atomic E-state index is 0.162. The van der Waals surface area contributed by atoms with Crippen LogP contribution in [-0.4, -0.2) is 35.9 Å². The lowest BCUT2D eigenvalue weighted by molar-refractivity contribution is -0.112. The number of carbonyl (C=O) groups excluding carboxylic acids is 1. The standard InChI is InChI=1S/C26H23N3O3/c1-29-15-22(19-4-2-3-5-23(19)29)21-14-28-26(30)24(21)20-13-18(12-16-8-11-31-25(16)20)32-17-6-9-27-10-7-17/h2-5,8,11-15,17,27H,6-7,9-10H2,1H3. The summed E-state index contributed by atoms with van der Waals surface area (Å²) in [7, 11) is 2.01. The highest BCUT2D eigenvalue weighted by molar-refractivity contribution is 6.45. The number of benzene rings is 2. The number of para-hydroxylation sites is 1. The van der Waals surface area contributed by atoms with Crippen molar-refractivity contribution in [2.24, 2.45) is 12.0 Å². The number of ether oxygens (including phenoxy) is 1. The van der Waals surface area contributed by atoms with Gasteiger partial charge < -0.3 is 19.0 Å². The average molecular weight is 425 g/mol. The number of nitrogens with one attached hydrogen (secondary N) is 1. The van der Waals surface area contributed by atoms with Crippen molar-refractivity contribution in [3.8, 4) is 5.75 Å². The Morgan fingerprint density at radius 1 is 1.12 bits per heavy atom. The van der Waals surface area contributed by atoms with Gasteiger partial charge in [0.25, 0.3) is 5.91 Å². The fourth-order valence-electron chi connectivity index (χ4n) is 4.80. The highest BCUT2D eigenvalue weighted by Crippen LogP contribution is 2.39. The second kappa shape index (κ2) is 7.50. The third-order valence-electron chi connectivity index (χ3n) is 6.36. The molecule has 1 N–H and O–H groups in total. The van der Waals surface area contributed by atoms with E-state index in [0.29, 0.717) is 11.2 Å². The molecule has 1 saturated heterocycles. The van der Waals surface area contributed by atoms with Crippen molar-refractivity contribution in [3.05, 3.63) is 66.1 Å². The van der Waals surface area contributed by atoms with Crippen LogP contribution in [0.25, 0.3) is 33.0 Å². The zero-order chi connectivity index (χ0) is 21.7. The summed E-state index contributed by atoms with van der Waals surface area (Å²) in [6.07, 6.45) is 7.47. The molecule has 0 unspecified atom stereocenters. The molecule has 1 amide bonds. The summed E-state index contributed by atoms with van der Waals surface area (Å²) >= 11 is 0. The van der Waals surface area contributed by atoms with Gasteiger partial charge in [-0.15, -0.1) is 0 Å². The Morgan fingerprint density at radius 2 is 1.97 bits per heavy atom. The van der Waals surface area contributed by atoms with E-state index in [-0.39, 0.29) is 12.0 Å². The molecule has 2 aromatic heterocycles. The second-order valence-corrected chi connectivity index (χ2v) is 8.40. The highest BCUT2D eigenvalue weighted by atomic mass is 16.5. The zero-order valence-corrected chi connectivity index (χ0v) is 17.8. The lowest BCUT2D eigenvalue weighted by atomic mass is 9.95. The van der Waals surface area contributed by atoms with Gasteiger partial charge in [-0.25, -0.2) is 4.99 Å². The van der Waals surface area contributed by atoms with Gasteiger partial charge in [0.2, 0.25) is 0 Å². The van der Waals surface area contributed by atoms with Crippen LogP contribution in [0.3, 0.4) is 0 Å². The number of allylic oxidation sites excluding steroid dienone is 1. The van der Waals surface area contributed by atoms with Gasteiger partial charge in [-0.2, -0.15) is 0 Å². The molecule has 160 valence electrons. The summed E-state index contributed by atoms with van der Waals surface area (Å²) in [6, 6.07) is 14.0. The minimum Gasteiger partial charge on any atom is -0.490 e. The lowest BCUT2D eigenvalue weighted by Crippen LogP contribution is -2.34. The van der Waals surface area contributed by atoms with Crippen LogP contribution < -0.4 is 10.1 Å². The maximum atomic E-state index is 13.0. The van der Waals surface area contributed by atoms with Crippen LogP contribution in [0.2, 0.25) is 0 Å². The van der Waals surface area contributed by atoms with E-state index in [1.807, 2.05) is 37.4 Å². The summed E-state index contributed by atoms with van der Waals surface area (Å²) in [5, 5.41) is 5.36. The predicted octanol–water partition coefficient (Wildman–Crippen LogP) is 4.58. The van der Waals surface area contributed by atoms with Crippen molar-refractivity contribution >= 4 is 45.1 Å². The molecule has 2 aromatic carbocycles. The molecule has 2 aliphatic rings. The molecular weight excluding hydrogens is 402 g/mol. The SMILES string of the molecule is Cn1cc(C2=C(c3cc(OC4CCNCC4)cc4ccoc34)C(=O)N=C2)c2ccccc21. The number of fused-ring (bicyclic) bond motifs is 2. The van der Waals surface area contributed by atoms with Crippen LogP contribution in [0.1, 0.15) is 24.0 Å². The van der Waals surface area contributed by atoms with E-state index in [1.54, 1.807) is 12.5 Å². The number of aryl methyl sites for hydroxylation is 1. The summed E-state index contributed by atoms with van der Waals surface area (Å²) in [4.78, 5) is 17.2. The third-order valence-corrected chi connectivity index (χ3v) is 6.36. The van der Waals surface area contributed by atoms with E-state index >= 15 is 0 Å². The summed E-state index contributed by atoms with van der Waals surface area (Å²) in [6.45, 7) is 1.91. The molecule has 4 heterocycles. The van der Waals surface area contributed by atoms with Gasteiger partial charge >= 0.3 is 0 Å². The molecule has 0 saturated carbocycles. The molecule has 1 fully saturated rings. The number of rotatable bonds is 4. The molecule has 0 atom stereocenters. The van der Waals surface area contributed by atoms with Gasteiger partial charge in [-0.1, -0.05) is 18.2 Å². The molecule has 4 aromatic rings. The first-order valence-corrected chi connectivity index (χ1v) is 10.9. The molecule has 0 bridgehead atoms. The van der Waals surface area contributed by atoms with Gasteiger partial charge in [-0.05, 0) is 50.2 Å². The Kier molecular flexibility index (Phi) is 4.47. The Morgan fingerprint density at radius 3 is 2.84 bits per heavy atom. The monoisotopic (exact) mass is 425 g/mol. The van der Waals surface area contributed by atoms with E-state index in [2.05, 4.69) is 33.2 Å². The van der Waals surface area contributed by atoms with Crippen LogP contribution in [-0.2, 0) is 11.8 Å². The van der Waals surface area contributed by atoms with Gasteiger partial charge in [0, 0.05) is 52.4 Å². The number of piperidine rings is 1. The average Bonchev–Trinajstić information content (AvgIpc) is 3.52. The van der Waals surface area contributed by atoms with Gasteiger partial charge in [0.15, 0.2) is 0 Å². The smallest absolute Gasteiger partial charge is 0.278 e. The Hall–Kier alpha value is -3.64. The summed E-state index contributed by atoms with van der Waals surface area (Å²) in [5.74, 6) is 0.495. The van der Waals surface area contributed by atoms with Crippen molar-refractivity contribution in [1.82, 2.24) is 9.88 Å². The minimum atomic E-state index is -0.260. The highest BCUT2D eigenvalue weighted by Gasteiger charge is 2.28. The molecule has 6 heteroatoms. The number of nitrogens with zero attached hydrogens (tertiary/aromatic N) is 2. The summed E-state index contributed by atoms with van der Waals surface area (Å²) < 4.78 is 14.2. The molecule has 6 rings (SSSR count). The van der Waals surface area contributed by atoms with E-state index in [1.165, 1.54) is 0 Å². The largest absolute Gasteiger partial charge is 0.490 e. The lowest BCUT2D eigenvalue weighted by Gasteiger charge is -2.24. The fourth-order valence-corrected chi connectivity index (χ4v) is 4.80. The van der Waals surface area contributed by atoms with Crippen LogP contribution >= 0.6 is 0 Å². The second-order valence-electron chi connectivity index (χ2n) is 8.40. The van der Waals surface area contributed by atoms with Crippen LogP contribution in [0.4, 0.5) is 0 Å². The molecule has 0 spiro atoms. The van der Waals surface area contributed by atoms with E-state index < -0.39 is 0 Å². The first kappa shape index (κ1) is 19.1. The van der Waals surface area contributed by atoms with Crippen LogP contribution in [0.5, 0.6) is 5.75 Å². The zero-order valence-electron chi connectivity index (χ0n) is 17.8. The molecule has 0 radical (unpaired) electrons. The maximum absolute atomic E-state index is 13.0. The normalized spacial score (nSPS) is 17.2. The van der Waals surface area contributed by atoms with Crippen molar-refractivity contribution in [1.29, 1.82) is 0 Å². The number of furan rings is 1. The van der Waals surface area contributed by atoms with Gasteiger partial charge in [0.1, 0.15) is 17.4 Å². The predicted molar refractivity (Wildman–Crippen MR) is 126 cm³/mol. The van der Waals surface area contributed by atoms with Crippen molar-refractivity contribution in [3.63, 3.8) is 0 Å². The number of hydrogen-bond donors (Lipinski definition) is 1. The fraction of sp³-hybridized carbons (Fsp3) is 0.231. The first-order valence-electron chi connectivity index (χ1n) is 10.9. The van der Waals surface area contributed by atoms with Crippen molar-refractivity contribution in [2.75, 3.05) is 13.1 Å². The topological polar surface area (TPSA) is 68.8 Å². The number of amides is 1. The number of aromatic nitrogens is 1. The van der Waals surface area contributed by atoms with Crippen molar-refractivity contribution < 1.29 is 13.9 Å². The number of carbonyl (C=O) groups is 1. The van der Waals surface area contributed by atoms with Crippen LogP contribution in [0, 0.1) is 0 Å². The maximum Gasteiger partial charge on any atom is 0.278 e. The molecular formula is C26H23N3O3. The van der Waals surface area contributed by atoms with E-state index in [4.69, 9.17) is 9.15 Å². The quantitative estimate of drug-likeness (QED) is 0.520. The number of hydrogen-bond acceptors (Lipinski definition) is 4. The Balaban J connectivity index is 1.53. The third kappa shape index (κ3) is 3.07. The number of aliphatic imine (C=N–C) groups is 1. The Bertz CT molecular complexity index is 1420. The van der Waals surface area contributed by atoms with Gasteiger partial charge in [-0.3, -0.25) is 4.79 Å². The van der Waals surface area contributed by atoms with Crippen molar-refractivity contribution in [2.45, 2.75) is 18.9 Å². The van der Waals surface area contributed by atoms with E-state index in [0.717, 1.165) is 64.7 Å². The molecule has 32 heavy (non-hydrogen) atoms. The van der Waals surface area contributed by atoms with Gasteiger partial charge in [0.05, 0.1) is 11.8 Å². The molecule has 2 aliphatic heterocycles. The molecule has 6 nitrogen and oxygen atoms in total. The van der Waals surface area contributed by atoms with E-state index in [9.17, 15) is 4.79 Å². The first-order chi connectivity index (χ1) is 15.7. The van der Waals surface area contributed by atoms with Crippen LogP contribution in [0.15, 0.2) is 64.3 Å².